The molecule has 1 rings (SSSR count). The first kappa shape index (κ1) is 17.4. The van der Waals surface area contributed by atoms with Gasteiger partial charge in [0.25, 0.3) is 5.76 Å². The minimum atomic E-state index is -2.48. The Morgan fingerprint density at radius 3 is 2.29 bits per heavy atom. The Hall–Kier alpha value is -1.63. The van der Waals surface area contributed by atoms with E-state index in [4.69, 9.17) is 5.11 Å². The fourth-order valence-electron chi connectivity index (χ4n) is 1.83. The number of hydrogen-bond acceptors (Lipinski definition) is 3. The van der Waals surface area contributed by atoms with E-state index >= 15 is 0 Å². The van der Waals surface area contributed by atoms with Crippen molar-refractivity contribution in [2.24, 2.45) is 5.41 Å². The maximum atomic E-state index is 12.2. The molecule has 0 saturated heterocycles. The van der Waals surface area contributed by atoms with Gasteiger partial charge < -0.3 is 10.4 Å². The third-order valence-corrected chi connectivity index (χ3v) is 3.35. The van der Waals surface area contributed by atoms with Crippen LogP contribution in [0.25, 0.3) is 0 Å². The minimum absolute atomic E-state index is 0.0623. The highest BCUT2D eigenvalue weighted by molar-refractivity contribution is 7.99. The summed E-state index contributed by atoms with van der Waals surface area (Å²) >= 11 is 0.432. The number of amides is 1. The maximum Gasteiger partial charge on any atom is 0.303 e. The SMILES string of the molecule is CC(C)(CC(=O)O)CC(=O)Nc1ccc(SC(F)F)cc1. The molecule has 21 heavy (non-hydrogen) atoms. The Kier molecular flexibility index (Phi) is 6.14. The number of anilines is 1. The summed E-state index contributed by atoms with van der Waals surface area (Å²) < 4.78 is 24.3. The molecule has 0 aromatic heterocycles. The number of hydrogen-bond donors (Lipinski definition) is 2. The lowest BCUT2D eigenvalue weighted by Crippen LogP contribution is -2.24. The van der Waals surface area contributed by atoms with Crippen LogP contribution < -0.4 is 5.32 Å². The van der Waals surface area contributed by atoms with Crippen LogP contribution in [0, 0.1) is 5.41 Å². The van der Waals surface area contributed by atoms with E-state index in [1.165, 1.54) is 24.3 Å². The number of alkyl halides is 2. The summed E-state index contributed by atoms with van der Waals surface area (Å²) in [5.74, 6) is -3.75. The van der Waals surface area contributed by atoms with E-state index in [0.29, 0.717) is 22.3 Å². The summed E-state index contributed by atoms with van der Waals surface area (Å²) in [6.45, 7) is 3.39. The second kappa shape index (κ2) is 7.40. The maximum absolute atomic E-state index is 12.2. The quantitative estimate of drug-likeness (QED) is 0.750. The van der Waals surface area contributed by atoms with Crippen LogP contribution in [0.15, 0.2) is 29.2 Å². The third-order valence-electron chi connectivity index (χ3n) is 2.63. The number of rotatable bonds is 7. The van der Waals surface area contributed by atoms with Gasteiger partial charge in [0.2, 0.25) is 5.91 Å². The number of benzene rings is 1. The van der Waals surface area contributed by atoms with Gasteiger partial charge in [-0.15, -0.1) is 0 Å². The van der Waals surface area contributed by atoms with Gasteiger partial charge in [-0.1, -0.05) is 25.6 Å². The molecule has 0 saturated carbocycles. The lowest BCUT2D eigenvalue weighted by Gasteiger charge is -2.21. The minimum Gasteiger partial charge on any atom is -0.481 e. The summed E-state index contributed by atoms with van der Waals surface area (Å²) in [5, 5.41) is 11.4. The average Bonchev–Trinajstić information content (AvgIpc) is 2.28. The number of aliphatic carboxylic acids is 1. The van der Waals surface area contributed by atoms with Gasteiger partial charge in [0, 0.05) is 17.0 Å². The number of nitrogens with one attached hydrogen (secondary N) is 1. The molecule has 0 fully saturated rings. The number of carboxylic acids is 1. The van der Waals surface area contributed by atoms with Gasteiger partial charge in [0.05, 0.1) is 6.42 Å². The molecule has 0 aliphatic rings. The van der Waals surface area contributed by atoms with Crippen molar-refractivity contribution in [2.75, 3.05) is 5.32 Å². The van der Waals surface area contributed by atoms with E-state index in [0.717, 1.165) is 0 Å². The Bertz CT molecular complexity index is 503. The van der Waals surface area contributed by atoms with E-state index in [-0.39, 0.29) is 18.7 Å². The molecule has 0 bridgehead atoms. The van der Waals surface area contributed by atoms with Crippen LogP contribution in [0.1, 0.15) is 26.7 Å². The zero-order valence-corrected chi connectivity index (χ0v) is 12.5. The average molecular weight is 317 g/mol. The zero-order chi connectivity index (χ0) is 16.0. The van der Waals surface area contributed by atoms with Gasteiger partial charge >= 0.3 is 5.97 Å². The molecular formula is C14H17F2NO3S. The number of carbonyl (C=O) groups is 2. The number of carbonyl (C=O) groups excluding carboxylic acids is 1. The normalized spacial score (nSPS) is 11.5. The zero-order valence-electron chi connectivity index (χ0n) is 11.7. The van der Waals surface area contributed by atoms with Crippen LogP contribution in [0.2, 0.25) is 0 Å². The topological polar surface area (TPSA) is 66.4 Å². The summed E-state index contributed by atoms with van der Waals surface area (Å²) in [5.41, 5.74) is -0.161. The molecule has 4 nitrogen and oxygen atoms in total. The first-order valence-corrected chi connectivity index (χ1v) is 7.12. The third kappa shape index (κ3) is 7.08. The van der Waals surface area contributed by atoms with Crippen molar-refractivity contribution >= 4 is 29.3 Å². The molecule has 1 aromatic rings. The van der Waals surface area contributed by atoms with Crippen molar-refractivity contribution < 1.29 is 23.5 Å². The molecule has 7 heteroatoms. The fraction of sp³-hybridized carbons (Fsp3) is 0.429. The summed E-state index contributed by atoms with van der Waals surface area (Å²) in [7, 11) is 0. The Balaban J connectivity index is 2.56. The van der Waals surface area contributed by atoms with Crippen molar-refractivity contribution in [3.8, 4) is 0 Å². The highest BCUT2D eigenvalue weighted by Gasteiger charge is 2.25. The number of halogens is 2. The van der Waals surface area contributed by atoms with Crippen molar-refractivity contribution in [3.05, 3.63) is 24.3 Å². The molecule has 0 aliphatic carbocycles. The van der Waals surface area contributed by atoms with Gasteiger partial charge in [-0.2, -0.15) is 8.78 Å². The Morgan fingerprint density at radius 2 is 1.81 bits per heavy atom. The van der Waals surface area contributed by atoms with Crippen LogP contribution in [0.5, 0.6) is 0 Å². The lowest BCUT2D eigenvalue weighted by atomic mass is 9.85. The number of thioether (sulfide) groups is 1. The number of carboxylic acid groups (broad SMARTS) is 1. The second-order valence-electron chi connectivity index (χ2n) is 5.36. The van der Waals surface area contributed by atoms with Crippen LogP contribution >= 0.6 is 11.8 Å². The standard InChI is InChI=1S/C14H17F2NO3S/c1-14(2,8-12(19)20)7-11(18)17-9-3-5-10(6-4-9)21-13(15)16/h3-6,13H,7-8H2,1-2H3,(H,17,18)(H,19,20). The second-order valence-corrected chi connectivity index (χ2v) is 6.43. The first-order valence-electron chi connectivity index (χ1n) is 6.24. The largest absolute Gasteiger partial charge is 0.481 e. The molecule has 0 unspecified atom stereocenters. The smallest absolute Gasteiger partial charge is 0.303 e. The highest BCUT2D eigenvalue weighted by Crippen LogP contribution is 2.27. The van der Waals surface area contributed by atoms with Crippen molar-refractivity contribution in [2.45, 2.75) is 37.3 Å². The first-order chi connectivity index (χ1) is 9.68. The van der Waals surface area contributed by atoms with Gasteiger partial charge in [0.15, 0.2) is 0 Å². The summed E-state index contributed by atoms with van der Waals surface area (Å²) in [4.78, 5) is 22.9. The molecule has 0 heterocycles. The summed E-state index contributed by atoms with van der Waals surface area (Å²) in [6, 6.07) is 6.06. The van der Waals surface area contributed by atoms with E-state index in [1.54, 1.807) is 13.8 Å². The van der Waals surface area contributed by atoms with E-state index in [9.17, 15) is 18.4 Å². The highest BCUT2D eigenvalue weighted by atomic mass is 32.2. The lowest BCUT2D eigenvalue weighted by molar-refractivity contribution is -0.139. The van der Waals surface area contributed by atoms with Gasteiger partial charge in [-0.3, -0.25) is 9.59 Å². The Labute approximate surface area is 125 Å². The molecule has 0 spiro atoms. The van der Waals surface area contributed by atoms with Crippen LogP contribution in [0.4, 0.5) is 14.5 Å². The van der Waals surface area contributed by atoms with Crippen LogP contribution in [-0.4, -0.2) is 22.7 Å². The van der Waals surface area contributed by atoms with Gasteiger partial charge in [0.1, 0.15) is 0 Å². The molecule has 0 radical (unpaired) electrons. The predicted molar refractivity (Wildman–Crippen MR) is 77.6 cm³/mol. The van der Waals surface area contributed by atoms with E-state index in [1.807, 2.05) is 0 Å². The Morgan fingerprint density at radius 1 is 1.24 bits per heavy atom. The molecule has 0 atom stereocenters. The molecule has 0 aliphatic heterocycles. The predicted octanol–water partition coefficient (Wildman–Crippen LogP) is 3.83. The van der Waals surface area contributed by atoms with Gasteiger partial charge in [-0.25, -0.2) is 0 Å². The fourth-order valence-corrected chi connectivity index (χ4v) is 2.33. The van der Waals surface area contributed by atoms with Crippen LogP contribution in [0.3, 0.4) is 0 Å². The monoisotopic (exact) mass is 317 g/mol. The van der Waals surface area contributed by atoms with Crippen molar-refractivity contribution in [1.29, 1.82) is 0 Å². The molecule has 116 valence electrons. The molecule has 2 N–H and O–H groups in total. The molecular weight excluding hydrogens is 300 g/mol. The van der Waals surface area contributed by atoms with E-state index < -0.39 is 17.1 Å². The van der Waals surface area contributed by atoms with Gasteiger partial charge in [-0.05, 0) is 29.7 Å². The van der Waals surface area contributed by atoms with E-state index in [2.05, 4.69) is 5.32 Å². The summed E-state index contributed by atoms with van der Waals surface area (Å²) in [6.07, 6.45) is -0.0444. The van der Waals surface area contributed by atoms with Crippen molar-refractivity contribution in [3.63, 3.8) is 0 Å². The van der Waals surface area contributed by atoms with Crippen molar-refractivity contribution in [1.82, 2.24) is 0 Å². The van der Waals surface area contributed by atoms with Crippen LogP contribution in [-0.2, 0) is 9.59 Å². The molecule has 1 aromatic carbocycles. The molecule has 1 amide bonds.